The maximum atomic E-state index is 11.6. The van der Waals surface area contributed by atoms with Crippen LogP contribution in [0.5, 0.6) is 0 Å². The Kier molecular flexibility index (Phi) is 3.29. The first-order valence-electron chi connectivity index (χ1n) is 5.35. The quantitative estimate of drug-likeness (QED) is 0.766. The van der Waals surface area contributed by atoms with Crippen LogP contribution in [0.15, 0.2) is 35.1 Å². The summed E-state index contributed by atoms with van der Waals surface area (Å²) >= 11 is 5.71. The van der Waals surface area contributed by atoms with Gasteiger partial charge in [0.1, 0.15) is 5.69 Å². The summed E-state index contributed by atoms with van der Waals surface area (Å²) in [4.78, 5) is 11.6. The topological polar surface area (TPSA) is 34.9 Å². The summed E-state index contributed by atoms with van der Waals surface area (Å²) in [5, 5.41) is 4.29. The van der Waals surface area contributed by atoms with Crippen LogP contribution in [-0.4, -0.2) is 9.78 Å². The lowest BCUT2D eigenvalue weighted by Crippen LogP contribution is -2.18. The maximum Gasteiger partial charge on any atom is 0.204 e. The first-order valence-corrected chi connectivity index (χ1v) is 5.88. The normalized spacial score (nSPS) is 10.5. The molecule has 1 aromatic heterocycles. The highest BCUT2D eigenvalue weighted by Gasteiger charge is 2.07. The fourth-order valence-electron chi connectivity index (χ4n) is 1.72. The lowest BCUT2D eigenvalue weighted by Gasteiger charge is -2.12. The van der Waals surface area contributed by atoms with Crippen LogP contribution in [0.25, 0.3) is 5.69 Å². The third kappa shape index (κ3) is 2.24. The predicted octanol–water partition coefficient (Wildman–Crippen LogP) is 2.59. The second-order valence-electron chi connectivity index (χ2n) is 3.93. The third-order valence-corrected chi connectivity index (χ3v) is 2.90. The molecule has 0 atom stereocenters. The zero-order valence-electron chi connectivity index (χ0n) is 9.77. The van der Waals surface area contributed by atoms with E-state index < -0.39 is 0 Å². The number of aromatic nitrogens is 2. The van der Waals surface area contributed by atoms with Crippen LogP contribution in [-0.2, 0) is 5.88 Å². The average Bonchev–Trinajstić information content (AvgIpc) is 2.31. The van der Waals surface area contributed by atoms with Crippen LogP contribution in [0, 0.1) is 13.8 Å². The summed E-state index contributed by atoms with van der Waals surface area (Å²) in [7, 11) is 0. The molecule has 88 valence electrons. The van der Waals surface area contributed by atoms with E-state index in [0.29, 0.717) is 5.69 Å². The number of halogens is 1. The highest BCUT2D eigenvalue weighted by molar-refractivity contribution is 6.16. The van der Waals surface area contributed by atoms with Gasteiger partial charge in [0.2, 0.25) is 5.43 Å². The van der Waals surface area contributed by atoms with Crippen molar-refractivity contribution in [3.8, 4) is 5.69 Å². The summed E-state index contributed by atoms with van der Waals surface area (Å²) in [6, 6.07) is 9.46. The van der Waals surface area contributed by atoms with Crippen LogP contribution in [0.1, 0.15) is 17.0 Å². The number of para-hydroxylation sites is 1. The minimum atomic E-state index is -0.109. The molecule has 2 aromatic rings. The molecule has 0 unspecified atom stereocenters. The number of hydrogen-bond acceptors (Lipinski definition) is 2. The summed E-state index contributed by atoms with van der Waals surface area (Å²) in [6.07, 6.45) is 0. The fourth-order valence-corrected chi connectivity index (χ4v) is 1.91. The molecule has 0 radical (unpaired) electrons. The molecule has 3 nitrogen and oxygen atoms in total. The summed E-state index contributed by atoms with van der Waals surface area (Å²) in [5.74, 6) is 0.130. The van der Waals surface area contributed by atoms with Crippen molar-refractivity contribution in [2.75, 3.05) is 0 Å². The third-order valence-electron chi connectivity index (χ3n) is 2.65. The Labute approximate surface area is 105 Å². The molecule has 4 heteroatoms. The van der Waals surface area contributed by atoms with Gasteiger partial charge in [-0.2, -0.15) is 5.10 Å². The van der Waals surface area contributed by atoms with Crippen LogP contribution in [0.4, 0.5) is 0 Å². The van der Waals surface area contributed by atoms with E-state index in [4.69, 9.17) is 11.6 Å². The number of benzene rings is 1. The largest absolute Gasteiger partial charge is 0.288 e. The Morgan fingerprint density at radius 1 is 1.29 bits per heavy atom. The van der Waals surface area contributed by atoms with Crippen molar-refractivity contribution in [1.82, 2.24) is 9.78 Å². The van der Waals surface area contributed by atoms with E-state index in [2.05, 4.69) is 5.10 Å². The number of rotatable bonds is 2. The Bertz CT molecular complexity index is 605. The van der Waals surface area contributed by atoms with E-state index in [1.165, 1.54) is 0 Å². The van der Waals surface area contributed by atoms with Crippen LogP contribution >= 0.6 is 11.6 Å². The molecule has 0 N–H and O–H groups in total. The standard InChI is InChI=1S/C13H13ClN2O/c1-9-5-3-4-6-12(9)16-10(2)7-13(17)11(8-14)15-16/h3-7H,8H2,1-2H3. The molecule has 0 amide bonds. The van der Waals surface area contributed by atoms with Gasteiger partial charge in [0.05, 0.1) is 11.6 Å². The monoisotopic (exact) mass is 248 g/mol. The Hall–Kier alpha value is -1.61. The SMILES string of the molecule is Cc1ccccc1-n1nc(CCl)c(=O)cc1C. The molecule has 0 saturated heterocycles. The maximum absolute atomic E-state index is 11.6. The van der Waals surface area contributed by atoms with E-state index in [-0.39, 0.29) is 11.3 Å². The molecular formula is C13H13ClN2O. The first-order chi connectivity index (χ1) is 8.13. The van der Waals surface area contributed by atoms with E-state index >= 15 is 0 Å². The van der Waals surface area contributed by atoms with Gasteiger partial charge in [0, 0.05) is 11.8 Å². The summed E-state index contributed by atoms with van der Waals surface area (Å²) in [6.45, 7) is 3.87. The van der Waals surface area contributed by atoms with Crippen molar-refractivity contribution in [2.45, 2.75) is 19.7 Å². The summed E-state index contributed by atoms with van der Waals surface area (Å²) < 4.78 is 1.76. The Balaban J connectivity index is 2.68. The van der Waals surface area contributed by atoms with Crippen molar-refractivity contribution in [2.24, 2.45) is 0 Å². The van der Waals surface area contributed by atoms with Gasteiger partial charge >= 0.3 is 0 Å². The molecule has 0 spiro atoms. The van der Waals surface area contributed by atoms with Gasteiger partial charge in [0.25, 0.3) is 0 Å². The summed E-state index contributed by atoms with van der Waals surface area (Å²) in [5.41, 5.74) is 3.14. The average molecular weight is 249 g/mol. The smallest absolute Gasteiger partial charge is 0.204 e. The van der Waals surface area contributed by atoms with Gasteiger partial charge in [-0.3, -0.25) is 4.79 Å². The van der Waals surface area contributed by atoms with Crippen LogP contribution in [0.2, 0.25) is 0 Å². The van der Waals surface area contributed by atoms with E-state index in [9.17, 15) is 4.79 Å². The predicted molar refractivity (Wildman–Crippen MR) is 68.9 cm³/mol. The molecule has 2 rings (SSSR count). The van der Waals surface area contributed by atoms with E-state index in [1.54, 1.807) is 10.7 Å². The van der Waals surface area contributed by atoms with Crippen molar-refractivity contribution in [1.29, 1.82) is 0 Å². The van der Waals surface area contributed by atoms with E-state index in [0.717, 1.165) is 16.9 Å². The molecule has 0 bridgehead atoms. The molecule has 0 fully saturated rings. The van der Waals surface area contributed by atoms with Gasteiger partial charge in [-0.25, -0.2) is 4.68 Å². The highest BCUT2D eigenvalue weighted by atomic mass is 35.5. The van der Waals surface area contributed by atoms with Gasteiger partial charge in [-0.05, 0) is 25.5 Å². The van der Waals surface area contributed by atoms with Crippen molar-refractivity contribution >= 4 is 11.6 Å². The van der Waals surface area contributed by atoms with Crippen molar-refractivity contribution < 1.29 is 0 Å². The number of hydrogen-bond donors (Lipinski definition) is 0. The van der Waals surface area contributed by atoms with Gasteiger partial charge in [-0.15, -0.1) is 11.6 Å². The number of aryl methyl sites for hydroxylation is 2. The fraction of sp³-hybridized carbons (Fsp3) is 0.231. The molecule has 0 aliphatic carbocycles. The number of alkyl halides is 1. The molecule has 17 heavy (non-hydrogen) atoms. The second kappa shape index (κ2) is 4.72. The lowest BCUT2D eigenvalue weighted by molar-refractivity contribution is 0.768. The van der Waals surface area contributed by atoms with Crippen LogP contribution in [0.3, 0.4) is 0 Å². The first kappa shape index (κ1) is 11.9. The minimum absolute atomic E-state index is 0.109. The Morgan fingerprint density at radius 3 is 2.65 bits per heavy atom. The zero-order chi connectivity index (χ0) is 12.4. The van der Waals surface area contributed by atoms with Crippen molar-refractivity contribution in [3.05, 3.63) is 57.5 Å². The number of nitrogens with zero attached hydrogens (tertiary/aromatic N) is 2. The van der Waals surface area contributed by atoms with Gasteiger partial charge < -0.3 is 0 Å². The molecule has 0 aliphatic heterocycles. The highest BCUT2D eigenvalue weighted by Crippen LogP contribution is 2.13. The second-order valence-corrected chi connectivity index (χ2v) is 4.20. The molecule has 0 saturated carbocycles. The van der Waals surface area contributed by atoms with Crippen molar-refractivity contribution in [3.63, 3.8) is 0 Å². The Morgan fingerprint density at radius 2 is 2.00 bits per heavy atom. The van der Waals surface area contributed by atoms with Crippen LogP contribution < -0.4 is 5.43 Å². The molecular weight excluding hydrogens is 236 g/mol. The molecule has 0 aliphatic rings. The van der Waals surface area contributed by atoms with Gasteiger partial charge in [0.15, 0.2) is 0 Å². The molecule has 1 aromatic carbocycles. The van der Waals surface area contributed by atoms with Gasteiger partial charge in [-0.1, -0.05) is 18.2 Å². The lowest BCUT2D eigenvalue weighted by atomic mass is 10.2. The zero-order valence-corrected chi connectivity index (χ0v) is 10.5. The minimum Gasteiger partial charge on any atom is -0.288 e. The molecule has 1 heterocycles. The van der Waals surface area contributed by atoms with E-state index in [1.807, 2.05) is 38.1 Å².